The number of carbonyl (C=O) groups is 2. The third-order valence-electron chi connectivity index (χ3n) is 4.47. The zero-order valence-electron chi connectivity index (χ0n) is 16.8. The number of aromatic nitrogens is 1. The second kappa shape index (κ2) is 7.41. The molecule has 0 aliphatic heterocycles. The monoisotopic (exact) mass is 392 g/mol. The summed E-state index contributed by atoms with van der Waals surface area (Å²) < 4.78 is 30.8. The lowest BCUT2D eigenvalue weighted by Crippen LogP contribution is -2.33. The molecule has 1 aliphatic rings. The van der Waals surface area contributed by atoms with E-state index < -0.39 is 17.5 Å². The van der Waals surface area contributed by atoms with Crippen LogP contribution in [0.3, 0.4) is 0 Å². The summed E-state index contributed by atoms with van der Waals surface area (Å²) in [5, 5.41) is 0. The van der Waals surface area contributed by atoms with Crippen molar-refractivity contribution in [1.29, 1.82) is 0 Å². The van der Waals surface area contributed by atoms with E-state index in [-0.39, 0.29) is 36.3 Å². The number of esters is 1. The van der Waals surface area contributed by atoms with Crippen molar-refractivity contribution < 1.29 is 27.9 Å². The second-order valence-electron chi connectivity index (χ2n) is 7.98. The van der Waals surface area contributed by atoms with Gasteiger partial charge in [0.05, 0.1) is 12.5 Å². The molecule has 0 bridgehead atoms. The lowest BCUT2D eigenvalue weighted by atomic mass is 10.1. The van der Waals surface area contributed by atoms with Crippen LogP contribution in [0.25, 0.3) is 11.1 Å². The molecule has 1 aromatic carbocycles. The zero-order chi connectivity index (χ0) is 20.6. The molecule has 0 fully saturated rings. The van der Waals surface area contributed by atoms with E-state index in [1.165, 1.54) is 4.90 Å². The SMILES string of the molecule is CCOC(=O)C1Cc2cc3nc(CN(C)C(=O)OC(C)(C)C)oc3c(F)c2C1. The van der Waals surface area contributed by atoms with Gasteiger partial charge in [-0.2, -0.15) is 0 Å². The Morgan fingerprint density at radius 2 is 2.07 bits per heavy atom. The van der Waals surface area contributed by atoms with Crippen LogP contribution in [0.1, 0.15) is 44.7 Å². The Bertz CT molecular complexity index is 915. The van der Waals surface area contributed by atoms with Gasteiger partial charge in [0, 0.05) is 7.05 Å². The van der Waals surface area contributed by atoms with Gasteiger partial charge in [-0.1, -0.05) is 0 Å². The Hall–Kier alpha value is -2.64. The molecule has 1 unspecified atom stereocenters. The van der Waals surface area contributed by atoms with Crippen molar-refractivity contribution in [2.24, 2.45) is 5.92 Å². The van der Waals surface area contributed by atoms with Crippen molar-refractivity contribution in [3.8, 4) is 0 Å². The summed E-state index contributed by atoms with van der Waals surface area (Å²) in [6.07, 6.45) is 0.181. The topological polar surface area (TPSA) is 81.9 Å². The highest BCUT2D eigenvalue weighted by atomic mass is 19.1. The van der Waals surface area contributed by atoms with Crippen LogP contribution in [0.5, 0.6) is 0 Å². The van der Waals surface area contributed by atoms with Crippen molar-refractivity contribution in [3.63, 3.8) is 0 Å². The summed E-state index contributed by atoms with van der Waals surface area (Å²) in [6.45, 7) is 7.43. The minimum Gasteiger partial charge on any atom is -0.466 e. The molecule has 0 saturated carbocycles. The molecule has 152 valence electrons. The normalized spacial score (nSPS) is 16.1. The molecule has 0 spiro atoms. The van der Waals surface area contributed by atoms with E-state index >= 15 is 0 Å². The molecule has 1 amide bonds. The Labute approximate surface area is 162 Å². The van der Waals surface area contributed by atoms with Gasteiger partial charge in [0.15, 0.2) is 11.4 Å². The van der Waals surface area contributed by atoms with Gasteiger partial charge in [0.1, 0.15) is 17.7 Å². The molecule has 1 atom stereocenters. The van der Waals surface area contributed by atoms with E-state index in [0.717, 1.165) is 5.56 Å². The van der Waals surface area contributed by atoms with E-state index in [4.69, 9.17) is 13.9 Å². The van der Waals surface area contributed by atoms with Crippen LogP contribution in [0, 0.1) is 11.7 Å². The standard InChI is InChI=1S/C20H25FN2O5/c1-6-26-18(24)12-7-11-9-14-17(16(21)13(11)8-12)27-15(22-14)10-23(5)19(25)28-20(2,3)4/h9,12H,6-8,10H2,1-5H3. The summed E-state index contributed by atoms with van der Waals surface area (Å²) in [6, 6.07) is 1.74. The fourth-order valence-electron chi connectivity index (χ4n) is 3.25. The molecule has 2 aromatic rings. The molecule has 3 rings (SSSR count). The van der Waals surface area contributed by atoms with Crippen LogP contribution in [-0.2, 0) is 33.7 Å². The van der Waals surface area contributed by atoms with Gasteiger partial charge in [-0.3, -0.25) is 4.79 Å². The van der Waals surface area contributed by atoms with E-state index in [0.29, 0.717) is 24.1 Å². The van der Waals surface area contributed by atoms with Gasteiger partial charge in [0.25, 0.3) is 0 Å². The lowest BCUT2D eigenvalue weighted by Gasteiger charge is -2.23. The van der Waals surface area contributed by atoms with Gasteiger partial charge in [-0.25, -0.2) is 14.2 Å². The van der Waals surface area contributed by atoms with Crippen LogP contribution >= 0.6 is 0 Å². The summed E-state index contributed by atoms with van der Waals surface area (Å²) in [7, 11) is 1.56. The fraction of sp³-hybridized carbons (Fsp3) is 0.550. The molecule has 0 radical (unpaired) electrons. The van der Waals surface area contributed by atoms with Crippen LogP contribution < -0.4 is 0 Å². The van der Waals surface area contributed by atoms with E-state index in [9.17, 15) is 14.0 Å². The Kier molecular flexibility index (Phi) is 5.32. The first-order chi connectivity index (χ1) is 13.1. The predicted molar refractivity (Wildman–Crippen MR) is 99.2 cm³/mol. The number of rotatable bonds is 4. The van der Waals surface area contributed by atoms with Gasteiger partial charge >= 0.3 is 12.1 Å². The van der Waals surface area contributed by atoms with Crippen LogP contribution in [0.2, 0.25) is 0 Å². The minimum absolute atomic E-state index is 0.0378. The maximum atomic E-state index is 14.9. The third kappa shape index (κ3) is 4.10. The van der Waals surface area contributed by atoms with E-state index in [1.807, 2.05) is 0 Å². The molecule has 7 nitrogen and oxygen atoms in total. The first-order valence-electron chi connectivity index (χ1n) is 9.29. The number of benzene rings is 1. The van der Waals surface area contributed by atoms with Crippen molar-refractivity contribution in [2.75, 3.05) is 13.7 Å². The Morgan fingerprint density at radius 3 is 2.71 bits per heavy atom. The van der Waals surface area contributed by atoms with Gasteiger partial charge in [0.2, 0.25) is 5.89 Å². The van der Waals surface area contributed by atoms with E-state index in [2.05, 4.69) is 4.98 Å². The maximum Gasteiger partial charge on any atom is 0.410 e. The number of halogens is 1. The zero-order valence-corrected chi connectivity index (χ0v) is 16.8. The number of fused-ring (bicyclic) bond motifs is 2. The van der Waals surface area contributed by atoms with Crippen molar-refractivity contribution in [1.82, 2.24) is 9.88 Å². The number of amides is 1. The van der Waals surface area contributed by atoms with Crippen LogP contribution in [0.15, 0.2) is 10.5 Å². The highest BCUT2D eigenvalue weighted by molar-refractivity contribution is 5.79. The average Bonchev–Trinajstić information content (AvgIpc) is 3.18. The molecule has 1 heterocycles. The smallest absolute Gasteiger partial charge is 0.410 e. The van der Waals surface area contributed by atoms with Crippen molar-refractivity contribution in [2.45, 2.75) is 52.7 Å². The van der Waals surface area contributed by atoms with E-state index in [1.54, 1.807) is 40.8 Å². The van der Waals surface area contributed by atoms with Gasteiger partial charge in [-0.15, -0.1) is 0 Å². The molecule has 1 aromatic heterocycles. The molecule has 0 saturated heterocycles. The highest BCUT2D eigenvalue weighted by Gasteiger charge is 2.33. The first-order valence-corrected chi connectivity index (χ1v) is 9.29. The predicted octanol–water partition coefficient (Wildman–Crippen LogP) is 3.61. The van der Waals surface area contributed by atoms with Crippen LogP contribution in [-0.4, -0.2) is 41.2 Å². The number of ether oxygens (including phenoxy) is 2. The molecule has 28 heavy (non-hydrogen) atoms. The molecule has 8 heteroatoms. The number of nitrogens with zero attached hydrogens (tertiary/aromatic N) is 2. The molecular weight excluding hydrogens is 367 g/mol. The molecule has 1 aliphatic carbocycles. The number of hydrogen-bond donors (Lipinski definition) is 0. The molecule has 0 N–H and O–H groups in total. The van der Waals surface area contributed by atoms with Crippen LogP contribution in [0.4, 0.5) is 9.18 Å². The summed E-state index contributed by atoms with van der Waals surface area (Å²) >= 11 is 0. The highest BCUT2D eigenvalue weighted by Crippen LogP contribution is 2.34. The first kappa shape index (κ1) is 20.1. The summed E-state index contributed by atoms with van der Waals surface area (Å²) in [4.78, 5) is 29.7. The van der Waals surface area contributed by atoms with Gasteiger partial charge in [-0.05, 0) is 57.7 Å². The average molecular weight is 392 g/mol. The Morgan fingerprint density at radius 1 is 1.36 bits per heavy atom. The quantitative estimate of drug-likeness (QED) is 0.740. The lowest BCUT2D eigenvalue weighted by molar-refractivity contribution is -0.147. The third-order valence-corrected chi connectivity index (χ3v) is 4.47. The summed E-state index contributed by atoms with van der Waals surface area (Å²) in [5.41, 5.74) is 0.996. The largest absolute Gasteiger partial charge is 0.466 e. The van der Waals surface area contributed by atoms with Crippen molar-refractivity contribution in [3.05, 3.63) is 28.9 Å². The van der Waals surface area contributed by atoms with Gasteiger partial charge < -0.3 is 18.8 Å². The number of oxazole rings is 1. The number of hydrogen-bond acceptors (Lipinski definition) is 6. The summed E-state index contributed by atoms with van der Waals surface area (Å²) in [5.74, 6) is -0.984. The minimum atomic E-state index is -0.616. The number of carbonyl (C=O) groups excluding carboxylic acids is 2. The molecular formula is C20H25FN2O5. The van der Waals surface area contributed by atoms with Crippen molar-refractivity contribution >= 4 is 23.2 Å². The second-order valence-corrected chi connectivity index (χ2v) is 7.98. The maximum absolute atomic E-state index is 14.9. The fourth-order valence-corrected chi connectivity index (χ4v) is 3.25. The Balaban J connectivity index is 1.79.